The van der Waals surface area contributed by atoms with E-state index in [9.17, 15) is 9.18 Å². The molecule has 1 aliphatic heterocycles. The zero-order chi connectivity index (χ0) is 17.6. The summed E-state index contributed by atoms with van der Waals surface area (Å²) in [6.45, 7) is 4.93. The maximum atomic E-state index is 13.9. The molecule has 0 spiro atoms. The highest BCUT2D eigenvalue weighted by Crippen LogP contribution is 2.25. The van der Waals surface area contributed by atoms with Crippen LogP contribution in [0.4, 0.5) is 4.39 Å². The standard InChI is InChI=1S/C20H23FN2O2/c1-15(22-20(24)17-9-5-6-10-18(17)21)19(16-7-3-2-4-8-16)23-11-13-25-14-12-23/h2-10,15,19H,11-14H2,1H3,(H,22,24)/t15-,19+/m0/s1. The smallest absolute Gasteiger partial charge is 0.254 e. The lowest BCUT2D eigenvalue weighted by Gasteiger charge is -2.38. The van der Waals surface area contributed by atoms with Crippen LogP contribution in [0.15, 0.2) is 54.6 Å². The van der Waals surface area contributed by atoms with Crippen molar-refractivity contribution in [2.45, 2.75) is 19.0 Å². The monoisotopic (exact) mass is 342 g/mol. The van der Waals surface area contributed by atoms with Crippen LogP contribution in [0.1, 0.15) is 28.9 Å². The van der Waals surface area contributed by atoms with Crippen molar-refractivity contribution in [3.63, 3.8) is 0 Å². The molecule has 2 atom stereocenters. The number of benzene rings is 2. The highest BCUT2D eigenvalue weighted by Gasteiger charge is 2.29. The van der Waals surface area contributed by atoms with Crippen molar-refractivity contribution in [1.82, 2.24) is 10.2 Å². The molecule has 132 valence electrons. The number of morpholine rings is 1. The molecule has 4 nitrogen and oxygen atoms in total. The molecule has 2 aromatic rings. The van der Waals surface area contributed by atoms with E-state index >= 15 is 0 Å². The average Bonchev–Trinajstić information content (AvgIpc) is 2.64. The van der Waals surface area contributed by atoms with Gasteiger partial charge in [0, 0.05) is 19.1 Å². The van der Waals surface area contributed by atoms with Gasteiger partial charge in [-0.1, -0.05) is 42.5 Å². The third kappa shape index (κ3) is 4.24. The van der Waals surface area contributed by atoms with Gasteiger partial charge in [0.1, 0.15) is 5.82 Å². The molecule has 5 heteroatoms. The minimum Gasteiger partial charge on any atom is -0.379 e. The topological polar surface area (TPSA) is 41.6 Å². The summed E-state index contributed by atoms with van der Waals surface area (Å²) in [7, 11) is 0. The lowest BCUT2D eigenvalue weighted by molar-refractivity contribution is 0.00887. The summed E-state index contributed by atoms with van der Waals surface area (Å²) in [5.74, 6) is -0.894. The number of amides is 1. The number of nitrogens with one attached hydrogen (secondary N) is 1. The molecule has 1 N–H and O–H groups in total. The predicted molar refractivity (Wildman–Crippen MR) is 94.9 cm³/mol. The van der Waals surface area contributed by atoms with Crippen LogP contribution in [0.3, 0.4) is 0 Å². The SMILES string of the molecule is C[C@H](NC(=O)c1ccccc1F)[C@H](c1ccccc1)N1CCOCC1. The molecule has 0 radical (unpaired) electrons. The Morgan fingerprint density at radius 3 is 2.40 bits per heavy atom. The number of hydrogen-bond acceptors (Lipinski definition) is 3. The molecular weight excluding hydrogens is 319 g/mol. The molecule has 0 bridgehead atoms. The molecule has 0 aliphatic carbocycles. The Kier molecular flexibility index (Phi) is 5.79. The normalized spacial score (nSPS) is 17.7. The lowest BCUT2D eigenvalue weighted by Crippen LogP contribution is -2.48. The van der Waals surface area contributed by atoms with Gasteiger partial charge in [0.25, 0.3) is 5.91 Å². The van der Waals surface area contributed by atoms with Gasteiger partial charge in [0.15, 0.2) is 0 Å². The Morgan fingerprint density at radius 2 is 1.72 bits per heavy atom. The second kappa shape index (κ2) is 8.23. The van der Waals surface area contributed by atoms with Crippen LogP contribution < -0.4 is 5.32 Å². The van der Waals surface area contributed by atoms with Crippen LogP contribution in [0.25, 0.3) is 0 Å². The van der Waals surface area contributed by atoms with Gasteiger partial charge in [-0.25, -0.2) is 4.39 Å². The van der Waals surface area contributed by atoms with Gasteiger partial charge in [0.2, 0.25) is 0 Å². The molecule has 0 unspecified atom stereocenters. The van der Waals surface area contributed by atoms with Gasteiger partial charge in [-0.05, 0) is 24.6 Å². The van der Waals surface area contributed by atoms with Crippen LogP contribution in [0, 0.1) is 5.82 Å². The molecule has 1 aliphatic rings. The lowest BCUT2D eigenvalue weighted by atomic mass is 9.97. The van der Waals surface area contributed by atoms with Gasteiger partial charge in [-0.15, -0.1) is 0 Å². The maximum absolute atomic E-state index is 13.9. The van der Waals surface area contributed by atoms with Crippen LogP contribution in [-0.2, 0) is 4.74 Å². The van der Waals surface area contributed by atoms with E-state index in [1.54, 1.807) is 12.1 Å². The summed E-state index contributed by atoms with van der Waals surface area (Å²) in [6.07, 6.45) is 0. The van der Waals surface area contributed by atoms with Crippen LogP contribution in [-0.4, -0.2) is 43.2 Å². The molecule has 1 fully saturated rings. The number of ether oxygens (including phenoxy) is 1. The van der Waals surface area contributed by atoms with Gasteiger partial charge < -0.3 is 10.1 Å². The zero-order valence-corrected chi connectivity index (χ0v) is 14.3. The molecular formula is C20H23FN2O2. The summed E-state index contributed by atoms with van der Waals surface area (Å²) in [5.41, 5.74) is 1.20. The largest absolute Gasteiger partial charge is 0.379 e. The fourth-order valence-electron chi connectivity index (χ4n) is 3.33. The van der Waals surface area contributed by atoms with E-state index in [0.717, 1.165) is 18.7 Å². The minimum atomic E-state index is -0.505. The van der Waals surface area contributed by atoms with Crippen molar-refractivity contribution in [1.29, 1.82) is 0 Å². The third-order valence-corrected chi connectivity index (χ3v) is 4.53. The molecule has 3 rings (SSSR count). The van der Waals surface area contributed by atoms with E-state index in [4.69, 9.17) is 4.74 Å². The fraction of sp³-hybridized carbons (Fsp3) is 0.350. The van der Waals surface area contributed by atoms with E-state index in [-0.39, 0.29) is 23.6 Å². The molecule has 1 heterocycles. The van der Waals surface area contributed by atoms with E-state index in [0.29, 0.717) is 13.2 Å². The van der Waals surface area contributed by atoms with Crippen LogP contribution in [0.5, 0.6) is 0 Å². The first-order chi connectivity index (χ1) is 12.2. The highest BCUT2D eigenvalue weighted by molar-refractivity contribution is 5.94. The number of nitrogens with zero attached hydrogens (tertiary/aromatic N) is 1. The summed E-state index contributed by atoms with van der Waals surface area (Å²) in [5, 5.41) is 2.97. The van der Waals surface area contributed by atoms with Gasteiger partial charge in [-0.2, -0.15) is 0 Å². The Bertz CT molecular complexity index is 702. The quantitative estimate of drug-likeness (QED) is 0.908. The number of rotatable bonds is 5. The van der Waals surface area contributed by atoms with Crippen molar-refractivity contribution in [3.05, 3.63) is 71.5 Å². The minimum absolute atomic E-state index is 0.0147. The molecule has 0 saturated carbocycles. The predicted octanol–water partition coefficient (Wildman–Crippen LogP) is 3.02. The van der Waals surface area contributed by atoms with E-state index in [1.165, 1.54) is 12.1 Å². The molecule has 0 aromatic heterocycles. The Hall–Kier alpha value is -2.24. The van der Waals surface area contributed by atoms with Crippen molar-refractivity contribution in [2.24, 2.45) is 0 Å². The van der Waals surface area contributed by atoms with Crippen molar-refractivity contribution in [2.75, 3.05) is 26.3 Å². The molecule has 2 aromatic carbocycles. The summed E-state index contributed by atoms with van der Waals surface area (Å²) in [4.78, 5) is 14.8. The van der Waals surface area contributed by atoms with E-state index in [2.05, 4.69) is 22.3 Å². The van der Waals surface area contributed by atoms with E-state index < -0.39 is 5.82 Å². The molecule has 1 saturated heterocycles. The first-order valence-corrected chi connectivity index (χ1v) is 8.59. The van der Waals surface area contributed by atoms with Gasteiger partial charge in [0.05, 0.1) is 24.8 Å². The van der Waals surface area contributed by atoms with Gasteiger partial charge >= 0.3 is 0 Å². The Balaban J connectivity index is 1.80. The Morgan fingerprint density at radius 1 is 1.08 bits per heavy atom. The van der Waals surface area contributed by atoms with Crippen molar-refractivity contribution in [3.8, 4) is 0 Å². The zero-order valence-electron chi connectivity index (χ0n) is 14.3. The number of carbonyl (C=O) groups excluding carboxylic acids is 1. The van der Waals surface area contributed by atoms with Crippen LogP contribution in [0.2, 0.25) is 0 Å². The third-order valence-electron chi connectivity index (χ3n) is 4.53. The second-order valence-electron chi connectivity index (χ2n) is 6.25. The maximum Gasteiger partial charge on any atom is 0.254 e. The molecule has 25 heavy (non-hydrogen) atoms. The van der Waals surface area contributed by atoms with Gasteiger partial charge in [-0.3, -0.25) is 9.69 Å². The summed E-state index contributed by atoms with van der Waals surface area (Å²) in [6, 6.07) is 16.0. The fourth-order valence-corrected chi connectivity index (χ4v) is 3.33. The van der Waals surface area contributed by atoms with Crippen molar-refractivity contribution >= 4 is 5.91 Å². The number of carbonyl (C=O) groups is 1. The summed E-state index contributed by atoms with van der Waals surface area (Å²) >= 11 is 0. The van der Waals surface area contributed by atoms with E-state index in [1.807, 2.05) is 25.1 Å². The molecule has 1 amide bonds. The number of halogens is 1. The first kappa shape index (κ1) is 17.6. The first-order valence-electron chi connectivity index (χ1n) is 8.59. The Labute approximate surface area is 147 Å². The number of hydrogen-bond donors (Lipinski definition) is 1. The van der Waals surface area contributed by atoms with Crippen molar-refractivity contribution < 1.29 is 13.9 Å². The highest BCUT2D eigenvalue weighted by atomic mass is 19.1. The average molecular weight is 342 g/mol. The second-order valence-corrected chi connectivity index (χ2v) is 6.25. The van der Waals surface area contributed by atoms with Crippen LogP contribution >= 0.6 is 0 Å². The summed E-state index contributed by atoms with van der Waals surface area (Å²) < 4.78 is 19.3.